The Hall–Kier alpha value is -3.75. The highest BCUT2D eigenvalue weighted by Gasteiger charge is 2.63. The molecular formula is C26H27F4N5O3. The fourth-order valence-corrected chi connectivity index (χ4v) is 5.50. The maximum atomic E-state index is 15.2. The summed E-state index contributed by atoms with van der Waals surface area (Å²) in [6.45, 7) is 3.97. The van der Waals surface area contributed by atoms with Crippen molar-refractivity contribution in [1.82, 2.24) is 15.6 Å². The minimum atomic E-state index is -5.41. The molecule has 12 heteroatoms. The summed E-state index contributed by atoms with van der Waals surface area (Å²) in [6.07, 6.45) is -3.07. The third-order valence-electron chi connectivity index (χ3n) is 7.65. The van der Waals surface area contributed by atoms with Crippen LogP contribution in [0.3, 0.4) is 0 Å². The van der Waals surface area contributed by atoms with E-state index in [0.717, 1.165) is 5.56 Å². The molecule has 0 bridgehead atoms. The van der Waals surface area contributed by atoms with Crippen molar-refractivity contribution in [2.75, 3.05) is 0 Å². The lowest BCUT2D eigenvalue weighted by atomic mass is 9.63. The number of aromatic nitrogens is 1. The molecule has 0 spiro atoms. The number of benzene rings is 1. The van der Waals surface area contributed by atoms with Gasteiger partial charge in [0.05, 0.1) is 12.0 Å². The topological polar surface area (TPSA) is 138 Å². The van der Waals surface area contributed by atoms with Crippen LogP contribution in [0.2, 0.25) is 0 Å². The number of halogens is 4. The first kappa shape index (κ1) is 27.3. The summed E-state index contributed by atoms with van der Waals surface area (Å²) in [4.78, 5) is 43.2. The average molecular weight is 534 g/mol. The first-order chi connectivity index (χ1) is 17.5. The molecule has 3 atom stereocenters. The number of amides is 3. The SMILES string of the molecule is CC(C)(C)C(NC(=O)C(F)(F)F)(C(N)=O)[C@H](CC1(F)CC1)C(=O)NC1(C#N)Cc2cccc3cncc1c23. The van der Waals surface area contributed by atoms with Gasteiger partial charge in [-0.2, -0.15) is 18.4 Å². The molecule has 202 valence electrons. The van der Waals surface area contributed by atoms with Gasteiger partial charge in [0.25, 0.3) is 0 Å². The van der Waals surface area contributed by atoms with Gasteiger partial charge in [-0.25, -0.2) is 4.39 Å². The van der Waals surface area contributed by atoms with Gasteiger partial charge in [0.1, 0.15) is 11.2 Å². The van der Waals surface area contributed by atoms with Gasteiger partial charge < -0.3 is 16.4 Å². The summed E-state index contributed by atoms with van der Waals surface area (Å²) in [7, 11) is 0. The van der Waals surface area contributed by atoms with E-state index in [2.05, 4.69) is 16.4 Å². The van der Waals surface area contributed by atoms with E-state index in [0.29, 0.717) is 16.3 Å². The molecule has 2 unspecified atom stereocenters. The molecule has 4 N–H and O–H groups in total. The molecule has 0 saturated heterocycles. The van der Waals surface area contributed by atoms with E-state index in [9.17, 15) is 32.8 Å². The monoisotopic (exact) mass is 533 g/mol. The van der Waals surface area contributed by atoms with Crippen LogP contribution in [0, 0.1) is 22.7 Å². The number of carbonyl (C=O) groups is 3. The fraction of sp³-hybridized carbons (Fsp3) is 0.500. The molecule has 2 aliphatic rings. The van der Waals surface area contributed by atoms with Gasteiger partial charge in [-0.1, -0.05) is 39.0 Å². The first-order valence-electron chi connectivity index (χ1n) is 12.0. The van der Waals surface area contributed by atoms with Crippen molar-refractivity contribution in [3.05, 3.63) is 41.7 Å². The lowest BCUT2D eigenvalue weighted by Gasteiger charge is -2.48. The largest absolute Gasteiger partial charge is 0.471 e. The van der Waals surface area contributed by atoms with Gasteiger partial charge in [-0.3, -0.25) is 19.4 Å². The van der Waals surface area contributed by atoms with E-state index in [1.165, 1.54) is 27.0 Å². The molecule has 3 amide bonds. The Bertz CT molecular complexity index is 1370. The summed E-state index contributed by atoms with van der Waals surface area (Å²) < 4.78 is 55.3. The zero-order chi connectivity index (χ0) is 28.3. The average Bonchev–Trinajstić information content (AvgIpc) is 3.46. The molecule has 1 fully saturated rings. The number of carbonyl (C=O) groups excluding carboxylic acids is 3. The van der Waals surface area contributed by atoms with Crippen LogP contribution in [0.1, 0.15) is 51.2 Å². The van der Waals surface area contributed by atoms with Crippen molar-refractivity contribution < 1.29 is 31.9 Å². The highest BCUT2D eigenvalue weighted by molar-refractivity contribution is 5.99. The minimum absolute atomic E-state index is 0.00902. The third kappa shape index (κ3) is 4.33. The van der Waals surface area contributed by atoms with E-state index < -0.39 is 58.4 Å². The van der Waals surface area contributed by atoms with Crippen LogP contribution in [0.15, 0.2) is 30.6 Å². The molecule has 2 aromatic rings. The molecule has 0 radical (unpaired) electrons. The van der Waals surface area contributed by atoms with Gasteiger partial charge in [-0.05, 0) is 35.6 Å². The number of nitrogens with zero attached hydrogens (tertiary/aromatic N) is 2. The maximum Gasteiger partial charge on any atom is 0.471 e. The Morgan fingerprint density at radius 3 is 2.37 bits per heavy atom. The van der Waals surface area contributed by atoms with Crippen LogP contribution in [0.4, 0.5) is 17.6 Å². The number of nitrogens with two attached hydrogens (primary N) is 1. The molecule has 8 nitrogen and oxygen atoms in total. The zero-order valence-electron chi connectivity index (χ0n) is 21.0. The van der Waals surface area contributed by atoms with E-state index in [4.69, 9.17) is 5.73 Å². The first-order valence-corrected chi connectivity index (χ1v) is 12.0. The number of hydrogen-bond acceptors (Lipinski definition) is 5. The normalized spacial score (nSPS) is 22.2. The number of rotatable bonds is 7. The van der Waals surface area contributed by atoms with Crippen LogP contribution in [0.25, 0.3) is 10.8 Å². The van der Waals surface area contributed by atoms with Crippen LogP contribution in [-0.4, -0.2) is 40.1 Å². The molecule has 0 aliphatic heterocycles. The second kappa shape index (κ2) is 8.64. The second-order valence-electron chi connectivity index (χ2n) is 11.2. The molecule has 1 aromatic carbocycles. The van der Waals surface area contributed by atoms with Crippen LogP contribution >= 0.6 is 0 Å². The highest BCUT2D eigenvalue weighted by Crippen LogP contribution is 2.50. The predicted octanol–water partition coefficient (Wildman–Crippen LogP) is 3.08. The molecule has 1 aromatic heterocycles. The van der Waals surface area contributed by atoms with Gasteiger partial charge in [0.15, 0.2) is 5.54 Å². The van der Waals surface area contributed by atoms with Crippen molar-refractivity contribution in [1.29, 1.82) is 5.26 Å². The fourth-order valence-electron chi connectivity index (χ4n) is 5.50. The van der Waals surface area contributed by atoms with E-state index in [1.807, 2.05) is 0 Å². The molecule has 2 aliphatic carbocycles. The lowest BCUT2D eigenvalue weighted by Crippen LogP contribution is -2.73. The quantitative estimate of drug-likeness (QED) is 0.470. The van der Waals surface area contributed by atoms with Crippen molar-refractivity contribution in [3.8, 4) is 6.07 Å². The molecule has 1 heterocycles. The molecule has 1 saturated carbocycles. The Morgan fingerprint density at radius 1 is 1.18 bits per heavy atom. The van der Waals surface area contributed by atoms with Crippen molar-refractivity contribution in [2.24, 2.45) is 17.1 Å². The number of alkyl halides is 4. The standard InChI is InChI=1S/C26H27F4N5O3/c1-22(2,3)25(20(32)37,35-21(38)26(28,29)30)16(10-23(27)7-8-23)19(36)34-24(13-31)9-14-5-4-6-15-11-33-12-17(24)18(14)15/h4-6,11-12,16H,7-10H2,1-3H3,(H2,32,37)(H,34,36)(H,35,38)/t16-,24?,25?/m1/s1. The zero-order valence-corrected chi connectivity index (χ0v) is 21.0. The number of hydrogen-bond donors (Lipinski definition) is 3. The maximum absolute atomic E-state index is 15.2. The number of nitrogens with one attached hydrogen (secondary N) is 2. The van der Waals surface area contributed by atoms with Crippen molar-refractivity contribution in [3.63, 3.8) is 0 Å². The van der Waals surface area contributed by atoms with Gasteiger partial charge in [0, 0.05) is 29.8 Å². The van der Waals surface area contributed by atoms with Gasteiger partial charge in [0.2, 0.25) is 11.8 Å². The Morgan fingerprint density at radius 2 is 1.84 bits per heavy atom. The molecular weight excluding hydrogens is 506 g/mol. The second-order valence-corrected chi connectivity index (χ2v) is 11.2. The number of primary amides is 1. The van der Waals surface area contributed by atoms with E-state index in [-0.39, 0.29) is 19.3 Å². The molecule has 38 heavy (non-hydrogen) atoms. The highest BCUT2D eigenvalue weighted by atomic mass is 19.4. The van der Waals surface area contributed by atoms with Crippen LogP contribution in [-0.2, 0) is 26.3 Å². The van der Waals surface area contributed by atoms with Crippen LogP contribution in [0.5, 0.6) is 0 Å². The van der Waals surface area contributed by atoms with Crippen molar-refractivity contribution in [2.45, 2.75) is 69.4 Å². The minimum Gasteiger partial charge on any atom is -0.368 e. The van der Waals surface area contributed by atoms with E-state index >= 15 is 4.39 Å². The van der Waals surface area contributed by atoms with Crippen molar-refractivity contribution >= 4 is 28.5 Å². The summed E-state index contributed by atoms with van der Waals surface area (Å²) in [5, 5.41) is 15.9. The molecule has 4 rings (SSSR count). The Kier molecular flexibility index (Phi) is 6.21. The van der Waals surface area contributed by atoms with E-state index in [1.54, 1.807) is 29.7 Å². The predicted molar refractivity (Wildman–Crippen MR) is 128 cm³/mol. The summed E-state index contributed by atoms with van der Waals surface area (Å²) in [6, 6.07) is 7.38. The summed E-state index contributed by atoms with van der Waals surface area (Å²) in [5.41, 5.74) is -1.16. The van der Waals surface area contributed by atoms with Gasteiger partial charge >= 0.3 is 12.1 Å². The lowest BCUT2D eigenvalue weighted by molar-refractivity contribution is -0.180. The Balaban J connectivity index is 1.83. The van der Waals surface area contributed by atoms with Crippen LogP contribution < -0.4 is 16.4 Å². The Labute approximate surface area is 216 Å². The number of nitriles is 1. The smallest absolute Gasteiger partial charge is 0.368 e. The summed E-state index contributed by atoms with van der Waals surface area (Å²) >= 11 is 0. The number of pyridine rings is 1. The third-order valence-corrected chi connectivity index (χ3v) is 7.65. The summed E-state index contributed by atoms with van der Waals surface area (Å²) in [5.74, 6) is -6.89. The van der Waals surface area contributed by atoms with Gasteiger partial charge in [-0.15, -0.1) is 0 Å².